The predicted molar refractivity (Wildman–Crippen MR) is 76.8 cm³/mol. The number of rotatable bonds is 4. The Morgan fingerprint density at radius 3 is 2.39 bits per heavy atom. The summed E-state index contributed by atoms with van der Waals surface area (Å²) in [5, 5.41) is 0. The van der Waals surface area contributed by atoms with E-state index in [0.29, 0.717) is 0 Å². The lowest BCUT2D eigenvalue weighted by atomic mass is 9.86. The topological polar surface area (TPSA) is 35.7 Å². The molecule has 2 fully saturated rings. The molecule has 2 aliphatic heterocycles. The van der Waals surface area contributed by atoms with Crippen LogP contribution < -0.4 is 5.73 Å². The van der Waals surface area contributed by atoms with Gasteiger partial charge in [0.25, 0.3) is 0 Å². The van der Waals surface area contributed by atoms with E-state index in [1.807, 2.05) is 0 Å². The molecule has 0 spiro atoms. The van der Waals surface area contributed by atoms with E-state index >= 15 is 0 Å². The van der Waals surface area contributed by atoms with E-state index in [9.17, 15) is 0 Å². The number of hydrogen-bond donors (Lipinski definition) is 1. The average Bonchev–Trinajstić information content (AvgIpc) is 2.40. The second-order valence-corrected chi connectivity index (χ2v) is 6.10. The van der Waals surface area contributed by atoms with Crippen molar-refractivity contribution < 1.29 is 0 Å². The van der Waals surface area contributed by atoms with E-state index in [-0.39, 0.29) is 5.54 Å². The Kier molecular flexibility index (Phi) is 5.01. The molecule has 2 N–H and O–H groups in total. The third-order valence-corrected chi connectivity index (χ3v) is 4.71. The van der Waals surface area contributed by atoms with Crippen LogP contribution in [-0.4, -0.2) is 79.6 Å². The molecule has 106 valence electrons. The Balaban J connectivity index is 1.93. The van der Waals surface area contributed by atoms with Crippen molar-refractivity contribution in [3.63, 3.8) is 0 Å². The van der Waals surface area contributed by atoms with Gasteiger partial charge in [-0.2, -0.15) is 0 Å². The van der Waals surface area contributed by atoms with Crippen LogP contribution in [0.2, 0.25) is 0 Å². The van der Waals surface area contributed by atoms with Crippen molar-refractivity contribution in [2.75, 3.05) is 59.4 Å². The molecule has 2 aliphatic rings. The molecule has 0 saturated carbocycles. The molecule has 0 radical (unpaired) electrons. The maximum Gasteiger partial charge on any atom is 0.0459 e. The lowest BCUT2D eigenvalue weighted by Gasteiger charge is -2.51. The maximum absolute atomic E-state index is 6.14. The predicted octanol–water partition coefficient (Wildman–Crippen LogP) is 0.437. The second-order valence-electron chi connectivity index (χ2n) is 6.10. The Bertz CT molecular complexity index is 250. The highest BCUT2D eigenvalue weighted by Gasteiger charge is 2.39. The molecule has 0 aromatic carbocycles. The minimum Gasteiger partial charge on any atom is -0.329 e. The number of hydrogen-bond acceptors (Lipinski definition) is 4. The highest BCUT2D eigenvalue weighted by atomic mass is 15.3. The van der Waals surface area contributed by atoms with Gasteiger partial charge in [0, 0.05) is 44.8 Å². The zero-order chi connectivity index (χ0) is 13.0. The molecule has 0 aliphatic carbocycles. The quantitative estimate of drug-likeness (QED) is 0.789. The fourth-order valence-corrected chi connectivity index (χ4v) is 3.65. The first kappa shape index (κ1) is 14.3. The van der Waals surface area contributed by atoms with Crippen LogP contribution in [0, 0.1) is 0 Å². The molecule has 0 bridgehead atoms. The molecule has 0 amide bonds. The molecule has 2 heterocycles. The molecular formula is C14H30N4. The van der Waals surface area contributed by atoms with Crippen molar-refractivity contribution in [3.8, 4) is 0 Å². The van der Waals surface area contributed by atoms with Gasteiger partial charge >= 0.3 is 0 Å². The summed E-state index contributed by atoms with van der Waals surface area (Å²) < 4.78 is 0. The summed E-state index contributed by atoms with van der Waals surface area (Å²) >= 11 is 0. The van der Waals surface area contributed by atoms with Crippen molar-refractivity contribution in [2.24, 2.45) is 5.73 Å². The van der Waals surface area contributed by atoms with Gasteiger partial charge in [0.1, 0.15) is 0 Å². The average molecular weight is 254 g/mol. The molecule has 2 rings (SSSR count). The SMILES string of the molecule is CCCN1CCN(C2(CN)CCCN(C)C2)CC1. The number of likely N-dealkylation sites (tertiary alicyclic amines) is 1. The largest absolute Gasteiger partial charge is 0.329 e. The number of likely N-dealkylation sites (N-methyl/N-ethyl adjacent to an activating group) is 1. The van der Waals surface area contributed by atoms with E-state index in [1.165, 1.54) is 58.5 Å². The van der Waals surface area contributed by atoms with Crippen molar-refractivity contribution in [2.45, 2.75) is 31.7 Å². The van der Waals surface area contributed by atoms with Crippen molar-refractivity contribution in [3.05, 3.63) is 0 Å². The highest BCUT2D eigenvalue weighted by molar-refractivity contribution is 4.98. The summed E-state index contributed by atoms with van der Waals surface area (Å²) in [6.07, 6.45) is 3.84. The van der Waals surface area contributed by atoms with E-state index in [2.05, 4.69) is 28.7 Å². The lowest BCUT2D eigenvalue weighted by Crippen LogP contribution is -2.65. The van der Waals surface area contributed by atoms with E-state index in [4.69, 9.17) is 5.73 Å². The molecule has 0 aromatic rings. The Morgan fingerprint density at radius 2 is 1.83 bits per heavy atom. The summed E-state index contributed by atoms with van der Waals surface area (Å²) in [6, 6.07) is 0. The number of nitrogens with two attached hydrogens (primary N) is 1. The summed E-state index contributed by atoms with van der Waals surface area (Å²) in [5.41, 5.74) is 6.40. The van der Waals surface area contributed by atoms with Gasteiger partial charge in [-0.25, -0.2) is 0 Å². The van der Waals surface area contributed by atoms with E-state index in [1.54, 1.807) is 0 Å². The number of piperidine rings is 1. The van der Waals surface area contributed by atoms with Gasteiger partial charge in [-0.15, -0.1) is 0 Å². The normalized spacial score (nSPS) is 32.8. The van der Waals surface area contributed by atoms with Gasteiger partial charge in [0.15, 0.2) is 0 Å². The lowest BCUT2D eigenvalue weighted by molar-refractivity contribution is -0.00676. The van der Waals surface area contributed by atoms with E-state index < -0.39 is 0 Å². The smallest absolute Gasteiger partial charge is 0.0459 e. The summed E-state index contributed by atoms with van der Waals surface area (Å²) in [6.45, 7) is 11.6. The molecule has 0 aromatic heterocycles. The number of nitrogens with zero attached hydrogens (tertiary/aromatic N) is 3. The monoisotopic (exact) mass is 254 g/mol. The van der Waals surface area contributed by atoms with Crippen LogP contribution in [0.15, 0.2) is 0 Å². The van der Waals surface area contributed by atoms with Crippen molar-refractivity contribution in [1.29, 1.82) is 0 Å². The third kappa shape index (κ3) is 3.05. The van der Waals surface area contributed by atoms with Crippen molar-refractivity contribution in [1.82, 2.24) is 14.7 Å². The molecule has 1 atom stereocenters. The molecular weight excluding hydrogens is 224 g/mol. The second kappa shape index (κ2) is 6.33. The zero-order valence-corrected chi connectivity index (χ0v) is 12.2. The first-order chi connectivity index (χ1) is 8.70. The maximum atomic E-state index is 6.14. The standard InChI is InChI=1S/C14H30N4/c1-3-6-17-8-10-18(11-9-17)14(12-15)5-4-7-16(2)13-14/h3-13,15H2,1-2H3. The van der Waals surface area contributed by atoms with Crippen LogP contribution in [-0.2, 0) is 0 Å². The zero-order valence-electron chi connectivity index (χ0n) is 12.2. The highest BCUT2D eigenvalue weighted by Crippen LogP contribution is 2.27. The molecule has 4 heteroatoms. The number of piperazine rings is 1. The van der Waals surface area contributed by atoms with Crippen LogP contribution in [0.25, 0.3) is 0 Å². The van der Waals surface area contributed by atoms with Gasteiger partial charge in [-0.05, 0) is 39.4 Å². The fraction of sp³-hybridized carbons (Fsp3) is 1.00. The van der Waals surface area contributed by atoms with Crippen LogP contribution in [0.4, 0.5) is 0 Å². The van der Waals surface area contributed by atoms with E-state index in [0.717, 1.165) is 13.1 Å². The van der Waals surface area contributed by atoms with Gasteiger partial charge in [0.05, 0.1) is 0 Å². The van der Waals surface area contributed by atoms with Gasteiger partial charge in [0.2, 0.25) is 0 Å². The Labute approximate surface area is 112 Å². The molecule has 18 heavy (non-hydrogen) atoms. The van der Waals surface area contributed by atoms with Crippen LogP contribution in [0.5, 0.6) is 0 Å². The first-order valence-electron chi connectivity index (χ1n) is 7.56. The van der Waals surface area contributed by atoms with Gasteiger partial charge < -0.3 is 15.5 Å². The third-order valence-electron chi connectivity index (χ3n) is 4.71. The van der Waals surface area contributed by atoms with Crippen LogP contribution in [0.3, 0.4) is 0 Å². The van der Waals surface area contributed by atoms with Crippen LogP contribution >= 0.6 is 0 Å². The van der Waals surface area contributed by atoms with Crippen molar-refractivity contribution >= 4 is 0 Å². The fourth-order valence-electron chi connectivity index (χ4n) is 3.65. The first-order valence-corrected chi connectivity index (χ1v) is 7.56. The molecule has 2 saturated heterocycles. The minimum atomic E-state index is 0.255. The Hall–Kier alpha value is -0.160. The molecule has 1 unspecified atom stereocenters. The van der Waals surface area contributed by atoms with Gasteiger partial charge in [-0.3, -0.25) is 4.90 Å². The summed E-state index contributed by atoms with van der Waals surface area (Å²) in [4.78, 5) is 7.72. The van der Waals surface area contributed by atoms with Gasteiger partial charge in [-0.1, -0.05) is 6.92 Å². The van der Waals surface area contributed by atoms with Crippen LogP contribution in [0.1, 0.15) is 26.2 Å². The Morgan fingerprint density at radius 1 is 1.11 bits per heavy atom. The minimum absolute atomic E-state index is 0.255. The molecule has 4 nitrogen and oxygen atoms in total. The summed E-state index contributed by atoms with van der Waals surface area (Å²) in [5.74, 6) is 0. The summed E-state index contributed by atoms with van der Waals surface area (Å²) in [7, 11) is 2.23.